The molecule has 2 nitrogen and oxygen atoms in total. The lowest BCUT2D eigenvalue weighted by molar-refractivity contribution is 0.484. The first-order valence-corrected chi connectivity index (χ1v) is 11.3. The number of para-hydroxylation sites is 2. The summed E-state index contributed by atoms with van der Waals surface area (Å²) in [4.78, 5) is 2.41. The molecular weight excluding hydrogens is 386 g/mol. The number of nitrogens with zero attached hydrogens (tertiary/aromatic N) is 1. The van der Waals surface area contributed by atoms with E-state index in [9.17, 15) is 0 Å². The van der Waals surface area contributed by atoms with Crippen LogP contribution in [0.25, 0.3) is 10.1 Å². The molecule has 0 amide bonds. The highest BCUT2D eigenvalue weighted by atomic mass is 32.1. The molecule has 0 unspecified atom stereocenters. The fourth-order valence-electron chi connectivity index (χ4n) is 4.32. The molecule has 0 spiro atoms. The van der Waals surface area contributed by atoms with Gasteiger partial charge < -0.3 is 4.74 Å². The van der Waals surface area contributed by atoms with E-state index in [1.165, 1.54) is 38.0 Å². The van der Waals surface area contributed by atoms with Crippen LogP contribution >= 0.6 is 11.3 Å². The summed E-state index contributed by atoms with van der Waals surface area (Å²) in [5.41, 5.74) is 7.69. The van der Waals surface area contributed by atoms with E-state index in [1.54, 1.807) is 0 Å². The zero-order valence-electron chi connectivity index (χ0n) is 18.5. The molecule has 0 atom stereocenters. The molecule has 0 saturated carbocycles. The summed E-state index contributed by atoms with van der Waals surface area (Å²) in [7, 11) is 0. The number of aryl methyl sites for hydroxylation is 3. The summed E-state index contributed by atoms with van der Waals surface area (Å²) in [6.07, 6.45) is 0. The quantitative estimate of drug-likeness (QED) is 0.272. The van der Waals surface area contributed by atoms with Crippen LogP contribution in [0.1, 0.15) is 43.0 Å². The monoisotopic (exact) mass is 413 g/mol. The molecule has 2 heterocycles. The molecule has 152 valence electrons. The highest BCUT2D eigenvalue weighted by molar-refractivity contribution is 7.23. The lowest BCUT2D eigenvalue weighted by Gasteiger charge is -2.33. The van der Waals surface area contributed by atoms with Gasteiger partial charge in [-0.3, -0.25) is 4.90 Å². The minimum absolute atomic E-state index is 0.122. The van der Waals surface area contributed by atoms with Crippen LogP contribution in [0.2, 0.25) is 0 Å². The zero-order valence-corrected chi connectivity index (χ0v) is 19.3. The van der Waals surface area contributed by atoms with Crippen molar-refractivity contribution in [2.45, 2.75) is 47.0 Å². The van der Waals surface area contributed by atoms with Crippen LogP contribution in [0.3, 0.4) is 0 Å². The largest absolute Gasteiger partial charge is 0.451 e. The van der Waals surface area contributed by atoms with Gasteiger partial charge in [-0.15, -0.1) is 11.3 Å². The molecule has 0 radical (unpaired) electrons. The van der Waals surface area contributed by atoms with E-state index < -0.39 is 0 Å². The molecule has 0 saturated heterocycles. The predicted octanol–water partition coefficient (Wildman–Crippen LogP) is 8.70. The average Bonchev–Trinajstić information content (AvgIpc) is 3.03. The first-order chi connectivity index (χ1) is 14.2. The van der Waals surface area contributed by atoms with Crippen molar-refractivity contribution in [3.8, 4) is 11.5 Å². The van der Waals surface area contributed by atoms with Crippen LogP contribution < -0.4 is 9.64 Å². The maximum atomic E-state index is 6.45. The third-order valence-electron chi connectivity index (χ3n) is 5.88. The molecule has 1 aromatic heterocycles. The van der Waals surface area contributed by atoms with Crippen molar-refractivity contribution >= 4 is 37.8 Å². The molecule has 0 fully saturated rings. The van der Waals surface area contributed by atoms with E-state index in [0.717, 1.165) is 22.2 Å². The van der Waals surface area contributed by atoms with E-state index in [4.69, 9.17) is 4.74 Å². The lowest BCUT2D eigenvalue weighted by atomic mass is 9.84. The van der Waals surface area contributed by atoms with Gasteiger partial charge in [0.2, 0.25) is 0 Å². The van der Waals surface area contributed by atoms with E-state index in [2.05, 4.69) is 95.0 Å². The van der Waals surface area contributed by atoms with E-state index in [1.807, 2.05) is 17.4 Å². The minimum Gasteiger partial charge on any atom is -0.451 e. The Morgan fingerprint density at radius 2 is 1.57 bits per heavy atom. The topological polar surface area (TPSA) is 12.5 Å². The molecule has 4 aromatic rings. The highest BCUT2D eigenvalue weighted by Gasteiger charge is 2.31. The second kappa shape index (κ2) is 6.61. The maximum Gasteiger partial charge on any atom is 0.170 e. The van der Waals surface area contributed by atoms with Gasteiger partial charge in [-0.25, -0.2) is 0 Å². The van der Waals surface area contributed by atoms with Crippen molar-refractivity contribution < 1.29 is 4.74 Å². The minimum atomic E-state index is 0.122. The molecule has 1 aliphatic heterocycles. The number of benzene rings is 3. The molecule has 30 heavy (non-hydrogen) atoms. The number of ether oxygens (including phenoxy) is 1. The number of fused-ring (bicyclic) bond motifs is 4. The molecular formula is C27H27NOS. The molecule has 1 aliphatic rings. The highest BCUT2D eigenvalue weighted by Crippen LogP contribution is 2.58. The van der Waals surface area contributed by atoms with Gasteiger partial charge in [0, 0.05) is 10.1 Å². The summed E-state index contributed by atoms with van der Waals surface area (Å²) in [6.45, 7) is 13.4. The smallest absolute Gasteiger partial charge is 0.170 e. The summed E-state index contributed by atoms with van der Waals surface area (Å²) in [5.74, 6) is 1.87. The summed E-state index contributed by atoms with van der Waals surface area (Å²) in [5, 5.41) is 2.34. The number of rotatable bonds is 1. The number of thiophene rings is 1. The Hall–Kier alpha value is -2.78. The van der Waals surface area contributed by atoms with E-state index >= 15 is 0 Å². The second-order valence-corrected chi connectivity index (χ2v) is 10.4. The van der Waals surface area contributed by atoms with Crippen molar-refractivity contribution in [1.82, 2.24) is 0 Å². The average molecular weight is 414 g/mol. The standard InChI is InChI=1S/C27H27NOS/c1-16-11-12-20-23(13-16)30-26-25(20)29-22-10-8-7-9-21(22)28(26)24-17(2)14-19(15-18(24)3)27(4,5)6/h7-15H,1-6H3. The molecule has 0 N–H and O–H groups in total. The lowest BCUT2D eigenvalue weighted by Crippen LogP contribution is -2.18. The van der Waals surface area contributed by atoms with Crippen LogP contribution in [-0.2, 0) is 5.41 Å². The van der Waals surface area contributed by atoms with Gasteiger partial charge in [0.05, 0.1) is 11.4 Å². The van der Waals surface area contributed by atoms with Crippen LogP contribution in [0.5, 0.6) is 11.5 Å². The normalized spacial score (nSPS) is 13.2. The van der Waals surface area contributed by atoms with Crippen LogP contribution in [0.4, 0.5) is 16.4 Å². The fraction of sp³-hybridized carbons (Fsp3) is 0.259. The number of hydrogen-bond acceptors (Lipinski definition) is 3. The fourth-order valence-corrected chi connectivity index (χ4v) is 5.57. The Kier molecular flexibility index (Phi) is 4.23. The maximum absolute atomic E-state index is 6.45. The van der Waals surface area contributed by atoms with E-state index in [-0.39, 0.29) is 5.41 Å². The summed E-state index contributed by atoms with van der Waals surface area (Å²) >= 11 is 1.81. The third-order valence-corrected chi connectivity index (χ3v) is 7.00. The molecule has 3 heteroatoms. The Labute approximate surface area is 182 Å². The molecule has 0 bridgehead atoms. The van der Waals surface area contributed by atoms with Crippen molar-refractivity contribution in [1.29, 1.82) is 0 Å². The van der Waals surface area contributed by atoms with Crippen molar-refractivity contribution in [3.63, 3.8) is 0 Å². The third kappa shape index (κ3) is 2.92. The van der Waals surface area contributed by atoms with Gasteiger partial charge >= 0.3 is 0 Å². The summed E-state index contributed by atoms with van der Waals surface area (Å²) < 4.78 is 7.71. The Morgan fingerprint density at radius 1 is 0.867 bits per heavy atom. The van der Waals surface area contributed by atoms with Gasteiger partial charge in [0.25, 0.3) is 0 Å². The van der Waals surface area contributed by atoms with Gasteiger partial charge in [0.15, 0.2) is 11.5 Å². The number of hydrogen-bond donors (Lipinski definition) is 0. The summed E-state index contributed by atoms with van der Waals surface area (Å²) in [6, 6.07) is 19.7. The van der Waals surface area contributed by atoms with Gasteiger partial charge in [-0.1, -0.05) is 51.1 Å². The second-order valence-electron chi connectivity index (χ2n) is 9.35. The van der Waals surface area contributed by atoms with Gasteiger partial charge in [-0.05, 0) is 72.7 Å². The van der Waals surface area contributed by atoms with Crippen molar-refractivity contribution in [3.05, 3.63) is 76.9 Å². The Balaban J connectivity index is 1.80. The van der Waals surface area contributed by atoms with Gasteiger partial charge in [-0.2, -0.15) is 0 Å². The molecule has 0 aliphatic carbocycles. The first-order valence-electron chi connectivity index (χ1n) is 10.5. The van der Waals surface area contributed by atoms with Crippen molar-refractivity contribution in [2.24, 2.45) is 0 Å². The predicted molar refractivity (Wildman–Crippen MR) is 129 cm³/mol. The first kappa shape index (κ1) is 19.2. The van der Waals surface area contributed by atoms with Crippen LogP contribution in [0.15, 0.2) is 54.6 Å². The number of anilines is 3. The van der Waals surface area contributed by atoms with Crippen LogP contribution in [-0.4, -0.2) is 0 Å². The van der Waals surface area contributed by atoms with E-state index in [0.29, 0.717) is 0 Å². The van der Waals surface area contributed by atoms with Crippen LogP contribution in [0, 0.1) is 20.8 Å². The molecule has 3 aromatic carbocycles. The van der Waals surface area contributed by atoms with Gasteiger partial charge in [0.1, 0.15) is 5.00 Å². The Bertz CT molecular complexity index is 1270. The Morgan fingerprint density at radius 3 is 2.27 bits per heavy atom. The van der Waals surface area contributed by atoms with Crippen molar-refractivity contribution in [2.75, 3.05) is 4.90 Å². The molecule has 5 rings (SSSR count). The SMILES string of the molecule is Cc1ccc2c3c(sc2c1)N(c1c(C)cc(C(C)(C)C)cc1C)c1ccccc1O3. The zero-order chi connectivity index (χ0) is 21.2.